The summed E-state index contributed by atoms with van der Waals surface area (Å²) in [4.78, 5) is 22.7. The number of benzene rings is 1. The summed E-state index contributed by atoms with van der Waals surface area (Å²) in [5.41, 5.74) is 0.869. The van der Waals surface area contributed by atoms with E-state index in [4.69, 9.17) is 5.11 Å². The topological polar surface area (TPSA) is 66.4 Å². The number of amides is 1. The van der Waals surface area contributed by atoms with E-state index >= 15 is 0 Å². The molecule has 4 nitrogen and oxygen atoms in total. The van der Waals surface area contributed by atoms with Crippen LogP contribution in [0.25, 0.3) is 0 Å². The first-order chi connectivity index (χ1) is 15.1. The van der Waals surface area contributed by atoms with E-state index < -0.39 is 5.97 Å². The van der Waals surface area contributed by atoms with Gasteiger partial charge in [-0.3, -0.25) is 4.79 Å². The summed E-state index contributed by atoms with van der Waals surface area (Å²) in [5, 5.41) is 11.7. The van der Waals surface area contributed by atoms with Crippen LogP contribution in [0.2, 0.25) is 0 Å². The molecule has 1 amide bonds. The Hall–Kier alpha value is -2.10. The lowest BCUT2D eigenvalue weighted by atomic mass is 10.1. The molecule has 0 atom stereocenters. The van der Waals surface area contributed by atoms with Crippen molar-refractivity contribution in [3.8, 4) is 0 Å². The Morgan fingerprint density at radius 3 is 1.77 bits per heavy atom. The SMILES string of the molecule is CC.CCCCCCCC/C=C\CCCCCCCC(=O)Nc1ccc(C(=O)O)cc1. The lowest BCUT2D eigenvalue weighted by Crippen LogP contribution is -2.11. The van der Waals surface area contributed by atoms with E-state index in [9.17, 15) is 9.59 Å². The van der Waals surface area contributed by atoms with Crippen LogP contribution in [-0.4, -0.2) is 17.0 Å². The number of aromatic carboxylic acids is 1. The van der Waals surface area contributed by atoms with Crippen molar-refractivity contribution in [3.05, 3.63) is 42.0 Å². The van der Waals surface area contributed by atoms with Crippen LogP contribution in [0, 0.1) is 0 Å². The number of allylic oxidation sites excluding steroid dienone is 2. The fraction of sp³-hybridized carbons (Fsp3) is 0.630. The summed E-state index contributed by atoms with van der Waals surface area (Å²) in [5.74, 6) is -0.970. The minimum Gasteiger partial charge on any atom is -0.478 e. The Kier molecular flexibility index (Phi) is 19.7. The smallest absolute Gasteiger partial charge is 0.335 e. The number of rotatable bonds is 17. The Morgan fingerprint density at radius 1 is 0.774 bits per heavy atom. The van der Waals surface area contributed by atoms with E-state index in [0.717, 1.165) is 12.8 Å². The minimum absolute atomic E-state index is 0.00861. The van der Waals surface area contributed by atoms with Crippen molar-refractivity contribution in [2.24, 2.45) is 0 Å². The molecule has 0 aliphatic rings. The molecule has 176 valence electrons. The number of hydrogen-bond acceptors (Lipinski definition) is 2. The normalized spacial score (nSPS) is 10.5. The fourth-order valence-corrected chi connectivity index (χ4v) is 3.28. The van der Waals surface area contributed by atoms with Crippen LogP contribution < -0.4 is 5.32 Å². The molecule has 0 aliphatic carbocycles. The van der Waals surface area contributed by atoms with Crippen LogP contribution in [-0.2, 0) is 4.79 Å². The van der Waals surface area contributed by atoms with Crippen molar-refractivity contribution in [2.75, 3.05) is 5.32 Å². The number of unbranched alkanes of at least 4 members (excludes halogenated alkanes) is 11. The summed E-state index contributed by atoms with van der Waals surface area (Å²) >= 11 is 0. The van der Waals surface area contributed by atoms with Crippen LogP contribution in [0.3, 0.4) is 0 Å². The number of carboxylic acids is 1. The first-order valence-corrected chi connectivity index (χ1v) is 12.4. The van der Waals surface area contributed by atoms with Gasteiger partial charge in [-0.2, -0.15) is 0 Å². The van der Waals surface area contributed by atoms with Gasteiger partial charge < -0.3 is 10.4 Å². The number of anilines is 1. The van der Waals surface area contributed by atoms with Crippen molar-refractivity contribution in [2.45, 2.75) is 111 Å². The van der Waals surface area contributed by atoms with E-state index in [-0.39, 0.29) is 11.5 Å². The number of carbonyl (C=O) groups excluding carboxylic acids is 1. The Bertz CT molecular complexity index is 593. The Labute approximate surface area is 190 Å². The summed E-state index contributed by atoms with van der Waals surface area (Å²) < 4.78 is 0. The average molecular weight is 432 g/mol. The number of nitrogens with one attached hydrogen (secondary N) is 1. The number of carboxylic acid groups (broad SMARTS) is 1. The number of carbonyl (C=O) groups is 2. The molecule has 0 spiro atoms. The highest BCUT2D eigenvalue weighted by Gasteiger charge is 2.05. The molecule has 0 saturated carbocycles. The lowest BCUT2D eigenvalue weighted by Gasteiger charge is -2.05. The van der Waals surface area contributed by atoms with Gasteiger partial charge in [0.15, 0.2) is 0 Å². The molecule has 0 saturated heterocycles. The largest absolute Gasteiger partial charge is 0.478 e. The van der Waals surface area contributed by atoms with Gasteiger partial charge in [-0.25, -0.2) is 4.79 Å². The van der Waals surface area contributed by atoms with E-state index in [2.05, 4.69) is 24.4 Å². The van der Waals surface area contributed by atoms with Crippen LogP contribution in [0.4, 0.5) is 5.69 Å². The van der Waals surface area contributed by atoms with Crippen molar-refractivity contribution in [1.29, 1.82) is 0 Å². The maximum absolute atomic E-state index is 11.9. The van der Waals surface area contributed by atoms with Crippen LogP contribution in [0.1, 0.15) is 121 Å². The fourth-order valence-electron chi connectivity index (χ4n) is 3.28. The van der Waals surface area contributed by atoms with Crippen molar-refractivity contribution < 1.29 is 14.7 Å². The predicted octanol–water partition coefficient (Wildman–Crippen LogP) is 8.39. The van der Waals surface area contributed by atoms with Gasteiger partial charge in [-0.05, 0) is 56.4 Å². The predicted molar refractivity (Wildman–Crippen MR) is 133 cm³/mol. The third-order valence-electron chi connectivity index (χ3n) is 5.08. The van der Waals surface area contributed by atoms with E-state index in [0.29, 0.717) is 12.1 Å². The zero-order valence-corrected chi connectivity index (χ0v) is 20.1. The molecule has 0 heterocycles. The average Bonchev–Trinajstić information content (AvgIpc) is 2.78. The second-order valence-corrected chi connectivity index (χ2v) is 7.76. The van der Waals surface area contributed by atoms with Gasteiger partial charge >= 0.3 is 5.97 Å². The van der Waals surface area contributed by atoms with Gasteiger partial charge in [0.25, 0.3) is 0 Å². The summed E-state index contributed by atoms with van der Waals surface area (Å²) in [6.07, 6.45) is 21.3. The van der Waals surface area contributed by atoms with Gasteiger partial charge in [-0.15, -0.1) is 0 Å². The van der Waals surface area contributed by atoms with Gasteiger partial charge in [0, 0.05) is 12.1 Å². The Balaban J connectivity index is 0.00000436. The second kappa shape index (κ2) is 21.1. The highest BCUT2D eigenvalue weighted by Crippen LogP contribution is 2.12. The molecule has 0 fully saturated rings. The summed E-state index contributed by atoms with van der Waals surface area (Å²) in [6.45, 7) is 6.26. The Morgan fingerprint density at radius 2 is 1.26 bits per heavy atom. The standard InChI is InChI=1S/C25H39NO3.C2H6/c1-2-3-4-5-6-7-8-9-10-11-12-13-14-15-16-17-24(27)26-23-20-18-22(19-21-23)25(28)29;1-2/h9-10,18-21H,2-8,11-17H2,1H3,(H,26,27)(H,28,29);1-2H3/b10-9-;. The molecule has 31 heavy (non-hydrogen) atoms. The first-order valence-electron chi connectivity index (χ1n) is 12.4. The third-order valence-corrected chi connectivity index (χ3v) is 5.08. The van der Waals surface area contributed by atoms with Gasteiger partial charge in [0.1, 0.15) is 0 Å². The molecule has 2 N–H and O–H groups in total. The monoisotopic (exact) mass is 431 g/mol. The highest BCUT2D eigenvalue weighted by molar-refractivity contribution is 5.92. The maximum Gasteiger partial charge on any atom is 0.335 e. The van der Waals surface area contributed by atoms with Crippen LogP contribution >= 0.6 is 0 Å². The van der Waals surface area contributed by atoms with Gasteiger partial charge in [0.05, 0.1) is 5.56 Å². The molecule has 1 rings (SSSR count). The molecule has 1 aromatic carbocycles. The third kappa shape index (κ3) is 17.3. The summed E-state index contributed by atoms with van der Waals surface area (Å²) in [6, 6.07) is 6.25. The van der Waals surface area contributed by atoms with Gasteiger partial charge in [-0.1, -0.05) is 84.3 Å². The van der Waals surface area contributed by atoms with E-state index in [1.807, 2.05) is 13.8 Å². The van der Waals surface area contributed by atoms with Crippen molar-refractivity contribution in [1.82, 2.24) is 0 Å². The highest BCUT2D eigenvalue weighted by atomic mass is 16.4. The molecule has 0 aliphatic heterocycles. The lowest BCUT2D eigenvalue weighted by molar-refractivity contribution is -0.116. The zero-order valence-electron chi connectivity index (χ0n) is 20.1. The molecule has 1 aromatic rings. The quantitative estimate of drug-likeness (QED) is 0.192. The molecule has 4 heteroatoms. The molecule has 0 unspecified atom stereocenters. The van der Waals surface area contributed by atoms with Gasteiger partial charge in [0.2, 0.25) is 5.91 Å². The van der Waals surface area contributed by atoms with E-state index in [1.54, 1.807) is 12.1 Å². The van der Waals surface area contributed by atoms with Crippen molar-refractivity contribution >= 4 is 17.6 Å². The summed E-state index contributed by atoms with van der Waals surface area (Å²) in [7, 11) is 0. The van der Waals surface area contributed by atoms with Crippen molar-refractivity contribution in [3.63, 3.8) is 0 Å². The second-order valence-electron chi connectivity index (χ2n) is 7.76. The minimum atomic E-state index is -0.962. The van der Waals surface area contributed by atoms with Crippen LogP contribution in [0.15, 0.2) is 36.4 Å². The zero-order chi connectivity index (χ0) is 23.2. The van der Waals surface area contributed by atoms with E-state index in [1.165, 1.54) is 82.8 Å². The maximum atomic E-state index is 11.9. The number of hydrogen-bond donors (Lipinski definition) is 2. The molecule has 0 aromatic heterocycles. The van der Waals surface area contributed by atoms with Crippen LogP contribution in [0.5, 0.6) is 0 Å². The first kappa shape index (κ1) is 28.9. The molecular weight excluding hydrogens is 386 g/mol. The molecule has 0 radical (unpaired) electrons. The molecule has 0 bridgehead atoms. The molecular formula is C27H45NO3.